The molecule has 2 aliphatic rings. The van der Waals surface area contributed by atoms with E-state index >= 15 is 0 Å². The van der Waals surface area contributed by atoms with Crippen molar-refractivity contribution in [2.75, 3.05) is 14.1 Å². The van der Waals surface area contributed by atoms with Crippen molar-refractivity contribution >= 4 is 5.91 Å². The van der Waals surface area contributed by atoms with Crippen LogP contribution in [-0.4, -0.2) is 36.1 Å². The molecule has 3 nitrogen and oxygen atoms in total. The molecule has 0 aliphatic heterocycles. The van der Waals surface area contributed by atoms with Crippen molar-refractivity contribution in [3.8, 4) is 0 Å². The molecule has 30 heavy (non-hydrogen) atoms. The van der Waals surface area contributed by atoms with Gasteiger partial charge in [-0.1, -0.05) is 60.1 Å². The highest BCUT2D eigenvalue weighted by molar-refractivity contribution is 5.75. The molecule has 1 amide bonds. The maximum atomic E-state index is 11.6. The molecule has 1 aromatic carbocycles. The van der Waals surface area contributed by atoms with Crippen LogP contribution in [0.3, 0.4) is 0 Å². The molecule has 0 unspecified atom stereocenters. The zero-order valence-electron chi connectivity index (χ0n) is 19.0. The molecule has 0 bridgehead atoms. The van der Waals surface area contributed by atoms with Gasteiger partial charge in [-0.05, 0) is 69.3 Å². The summed E-state index contributed by atoms with van der Waals surface area (Å²) >= 11 is 0. The fourth-order valence-electron chi connectivity index (χ4n) is 5.19. The number of nitrogens with zero attached hydrogens (tertiary/aromatic N) is 1. The minimum atomic E-state index is -0.190. The fourth-order valence-corrected chi connectivity index (χ4v) is 5.19. The first-order valence-corrected chi connectivity index (χ1v) is 11.7. The van der Waals surface area contributed by atoms with Gasteiger partial charge in [-0.15, -0.1) is 0 Å². The molecular weight excluding hydrogens is 370 g/mol. The number of rotatable bonds is 10. The van der Waals surface area contributed by atoms with Gasteiger partial charge in [-0.3, -0.25) is 4.79 Å². The maximum Gasteiger partial charge on any atom is 0.222 e. The van der Waals surface area contributed by atoms with Gasteiger partial charge in [-0.25, -0.2) is 0 Å². The average molecular weight is 410 g/mol. The third-order valence-corrected chi connectivity index (χ3v) is 6.88. The molecule has 0 radical (unpaired) electrons. The van der Waals surface area contributed by atoms with Crippen LogP contribution in [0.4, 0.5) is 0 Å². The summed E-state index contributed by atoms with van der Waals surface area (Å²) in [5, 5.41) is 10.6. The number of aryl methyl sites for hydroxylation is 2. The van der Waals surface area contributed by atoms with Crippen LogP contribution < -0.4 is 0 Å². The van der Waals surface area contributed by atoms with E-state index in [1.54, 1.807) is 10.5 Å². The first-order chi connectivity index (χ1) is 14.4. The molecule has 2 aliphatic carbocycles. The molecule has 0 heterocycles. The predicted octanol–water partition coefficient (Wildman–Crippen LogP) is 5.47. The summed E-state index contributed by atoms with van der Waals surface area (Å²) in [6, 6.07) is 8.73. The Morgan fingerprint density at radius 1 is 1.20 bits per heavy atom. The number of benzene rings is 1. The Labute approximate surface area is 182 Å². The summed E-state index contributed by atoms with van der Waals surface area (Å²) in [4.78, 5) is 13.3. The molecule has 4 atom stereocenters. The number of aliphatic hydroxyl groups excluding tert-OH is 1. The van der Waals surface area contributed by atoms with E-state index in [0.29, 0.717) is 24.2 Å². The number of fused-ring (bicyclic) bond motifs is 1. The van der Waals surface area contributed by atoms with Crippen LogP contribution in [0, 0.1) is 24.7 Å². The molecule has 3 heteroatoms. The van der Waals surface area contributed by atoms with Gasteiger partial charge in [0.2, 0.25) is 5.91 Å². The SMILES string of the molecule is Cc1cccc(CC/C=C/[C@@H]2[C@H]3CC(CCCCCC(=O)N(C)C)=C[C@H]3C[C@H]2O)c1. The van der Waals surface area contributed by atoms with E-state index in [-0.39, 0.29) is 12.0 Å². The molecule has 0 aromatic heterocycles. The van der Waals surface area contributed by atoms with Crippen molar-refractivity contribution in [1.82, 2.24) is 4.90 Å². The molecule has 0 spiro atoms. The second-order valence-electron chi connectivity index (χ2n) is 9.54. The van der Waals surface area contributed by atoms with Crippen LogP contribution in [0.25, 0.3) is 0 Å². The first kappa shape index (κ1) is 22.8. The smallest absolute Gasteiger partial charge is 0.222 e. The van der Waals surface area contributed by atoms with E-state index in [2.05, 4.69) is 49.4 Å². The van der Waals surface area contributed by atoms with Gasteiger partial charge in [0.25, 0.3) is 0 Å². The molecule has 1 saturated carbocycles. The lowest BCUT2D eigenvalue weighted by Crippen LogP contribution is -2.20. The Kier molecular flexibility index (Phi) is 8.32. The highest BCUT2D eigenvalue weighted by Gasteiger charge is 2.42. The van der Waals surface area contributed by atoms with E-state index in [1.165, 1.54) is 17.5 Å². The summed E-state index contributed by atoms with van der Waals surface area (Å²) in [5.74, 6) is 1.67. The Bertz CT molecular complexity index is 764. The zero-order chi connectivity index (χ0) is 21.5. The van der Waals surface area contributed by atoms with Crippen LogP contribution in [0.1, 0.15) is 62.5 Å². The molecule has 1 fully saturated rings. The van der Waals surface area contributed by atoms with Crippen LogP contribution in [0.2, 0.25) is 0 Å². The lowest BCUT2D eigenvalue weighted by Gasteiger charge is -2.18. The van der Waals surface area contributed by atoms with E-state index in [4.69, 9.17) is 0 Å². The minimum absolute atomic E-state index is 0.190. The summed E-state index contributed by atoms with van der Waals surface area (Å²) < 4.78 is 0. The molecule has 1 N–H and O–H groups in total. The van der Waals surface area contributed by atoms with Crippen LogP contribution >= 0.6 is 0 Å². The van der Waals surface area contributed by atoms with Crippen LogP contribution in [0.5, 0.6) is 0 Å². The van der Waals surface area contributed by atoms with Gasteiger partial charge in [0.1, 0.15) is 0 Å². The largest absolute Gasteiger partial charge is 0.392 e. The van der Waals surface area contributed by atoms with Crippen molar-refractivity contribution in [1.29, 1.82) is 0 Å². The molecular formula is C27H39NO2. The number of aliphatic hydroxyl groups is 1. The van der Waals surface area contributed by atoms with Gasteiger partial charge in [0.15, 0.2) is 0 Å². The molecule has 3 rings (SSSR count). The van der Waals surface area contributed by atoms with E-state index in [9.17, 15) is 9.90 Å². The maximum absolute atomic E-state index is 11.6. The number of carbonyl (C=O) groups excluding carboxylic acids is 1. The molecule has 0 saturated heterocycles. The monoisotopic (exact) mass is 409 g/mol. The number of unbranched alkanes of at least 4 members (excludes halogenated alkanes) is 2. The van der Waals surface area contributed by atoms with Gasteiger partial charge in [0, 0.05) is 26.4 Å². The predicted molar refractivity (Wildman–Crippen MR) is 124 cm³/mol. The fraction of sp³-hybridized carbons (Fsp3) is 0.593. The van der Waals surface area contributed by atoms with Gasteiger partial charge < -0.3 is 10.0 Å². The second kappa shape index (κ2) is 10.9. The highest BCUT2D eigenvalue weighted by Crippen LogP contribution is 2.48. The molecule has 1 aromatic rings. The van der Waals surface area contributed by atoms with Crippen molar-refractivity contribution in [3.63, 3.8) is 0 Å². The van der Waals surface area contributed by atoms with Crippen molar-refractivity contribution in [2.24, 2.45) is 17.8 Å². The van der Waals surface area contributed by atoms with Crippen molar-refractivity contribution in [3.05, 3.63) is 59.2 Å². The Hall–Kier alpha value is -1.87. The molecule has 164 valence electrons. The normalized spacial score (nSPS) is 25.5. The third kappa shape index (κ3) is 6.31. The number of hydrogen-bond acceptors (Lipinski definition) is 2. The Morgan fingerprint density at radius 3 is 2.80 bits per heavy atom. The van der Waals surface area contributed by atoms with Gasteiger partial charge in [-0.2, -0.15) is 0 Å². The first-order valence-electron chi connectivity index (χ1n) is 11.7. The van der Waals surface area contributed by atoms with Crippen LogP contribution in [0.15, 0.2) is 48.1 Å². The van der Waals surface area contributed by atoms with Crippen molar-refractivity contribution < 1.29 is 9.90 Å². The van der Waals surface area contributed by atoms with E-state index in [1.807, 2.05) is 14.1 Å². The topological polar surface area (TPSA) is 40.5 Å². The summed E-state index contributed by atoms with van der Waals surface area (Å²) in [6.07, 6.45) is 16.1. The Morgan fingerprint density at radius 2 is 2.03 bits per heavy atom. The number of amides is 1. The number of carbonyl (C=O) groups is 1. The van der Waals surface area contributed by atoms with Crippen molar-refractivity contribution in [2.45, 2.75) is 70.8 Å². The highest BCUT2D eigenvalue weighted by atomic mass is 16.3. The number of allylic oxidation sites excluding steroid dienone is 3. The summed E-state index contributed by atoms with van der Waals surface area (Å²) in [7, 11) is 3.65. The summed E-state index contributed by atoms with van der Waals surface area (Å²) in [6.45, 7) is 2.14. The lowest BCUT2D eigenvalue weighted by atomic mass is 9.88. The third-order valence-electron chi connectivity index (χ3n) is 6.88. The second-order valence-corrected chi connectivity index (χ2v) is 9.54. The average Bonchev–Trinajstić information content (AvgIpc) is 3.21. The van der Waals surface area contributed by atoms with Gasteiger partial charge in [0.05, 0.1) is 6.10 Å². The lowest BCUT2D eigenvalue weighted by molar-refractivity contribution is -0.128. The Balaban J connectivity index is 1.39. The standard InChI is InChI=1S/C27H39NO2/c1-20-10-9-13-21(16-20)11-7-8-14-24-25-18-22(17-23(25)19-26(24)29)12-5-4-6-15-27(30)28(2)3/h8-10,13-14,16-17,23-26,29H,4-7,11-12,15,18-19H2,1-3H3/b14-8+/t23-,24+,25-,26+/m0/s1. The summed E-state index contributed by atoms with van der Waals surface area (Å²) in [5.41, 5.74) is 4.29. The minimum Gasteiger partial charge on any atom is -0.392 e. The van der Waals surface area contributed by atoms with E-state index < -0.39 is 0 Å². The van der Waals surface area contributed by atoms with Crippen LogP contribution in [-0.2, 0) is 11.2 Å². The van der Waals surface area contributed by atoms with E-state index in [0.717, 1.165) is 44.9 Å². The van der Waals surface area contributed by atoms with Gasteiger partial charge >= 0.3 is 0 Å². The quantitative estimate of drug-likeness (QED) is 0.411. The zero-order valence-corrected chi connectivity index (χ0v) is 19.0. The number of hydrogen-bond donors (Lipinski definition) is 1.